The minimum Gasteiger partial charge on any atom is -0.295 e. The first-order chi connectivity index (χ1) is 6.74. The van der Waals surface area contributed by atoms with Gasteiger partial charge >= 0.3 is 0 Å². The van der Waals surface area contributed by atoms with Gasteiger partial charge in [-0.2, -0.15) is 0 Å². The lowest BCUT2D eigenvalue weighted by atomic mass is 10.3. The van der Waals surface area contributed by atoms with E-state index >= 15 is 0 Å². The molecule has 0 aliphatic rings. The Hall–Kier alpha value is -1.68. The number of anilines is 1. The van der Waals surface area contributed by atoms with Crippen LogP contribution in [0.2, 0.25) is 0 Å². The predicted octanol–water partition coefficient (Wildman–Crippen LogP) is 1.93. The SMILES string of the molecule is O=C/C(F)=C\CN(O)c1ccccc1. The zero-order valence-corrected chi connectivity index (χ0v) is 7.43. The molecule has 0 amide bonds. The first kappa shape index (κ1) is 10.4. The van der Waals surface area contributed by atoms with Crippen LogP contribution in [-0.4, -0.2) is 18.0 Å². The molecule has 0 aliphatic carbocycles. The van der Waals surface area contributed by atoms with Crippen molar-refractivity contribution in [1.29, 1.82) is 0 Å². The van der Waals surface area contributed by atoms with E-state index in [9.17, 15) is 14.4 Å². The summed E-state index contributed by atoms with van der Waals surface area (Å²) in [6, 6.07) is 8.65. The van der Waals surface area contributed by atoms with Crippen LogP contribution >= 0.6 is 0 Å². The third-order valence-electron chi connectivity index (χ3n) is 1.63. The number of hydroxylamine groups is 1. The zero-order valence-electron chi connectivity index (χ0n) is 7.43. The van der Waals surface area contributed by atoms with Crippen LogP contribution in [0.25, 0.3) is 0 Å². The third kappa shape index (κ3) is 2.99. The van der Waals surface area contributed by atoms with Crippen LogP contribution in [0.3, 0.4) is 0 Å². The van der Waals surface area contributed by atoms with E-state index in [4.69, 9.17) is 0 Å². The van der Waals surface area contributed by atoms with E-state index in [-0.39, 0.29) is 12.8 Å². The molecule has 74 valence electrons. The molecule has 3 nitrogen and oxygen atoms in total. The van der Waals surface area contributed by atoms with Crippen LogP contribution in [0.5, 0.6) is 0 Å². The lowest BCUT2D eigenvalue weighted by Gasteiger charge is -2.13. The van der Waals surface area contributed by atoms with Crippen molar-refractivity contribution < 1.29 is 14.4 Å². The van der Waals surface area contributed by atoms with E-state index < -0.39 is 5.83 Å². The standard InChI is InChI=1S/C10H10FNO2/c11-9(8-13)6-7-12(14)10-4-2-1-3-5-10/h1-6,8,14H,7H2/b9-6+. The molecule has 1 rings (SSSR count). The average molecular weight is 195 g/mol. The monoisotopic (exact) mass is 195 g/mol. The van der Waals surface area contributed by atoms with Gasteiger partial charge in [0.25, 0.3) is 0 Å². The summed E-state index contributed by atoms with van der Waals surface area (Å²) in [6.45, 7) is -0.0609. The molecule has 0 bridgehead atoms. The Morgan fingerprint density at radius 2 is 2.07 bits per heavy atom. The summed E-state index contributed by atoms with van der Waals surface area (Å²) < 4.78 is 12.4. The molecule has 0 saturated carbocycles. The highest BCUT2D eigenvalue weighted by Gasteiger charge is 1.99. The van der Waals surface area contributed by atoms with Gasteiger partial charge in [-0.05, 0) is 18.2 Å². The van der Waals surface area contributed by atoms with E-state index in [0.29, 0.717) is 5.69 Å². The maximum absolute atomic E-state index is 12.4. The number of carbonyl (C=O) groups is 1. The summed E-state index contributed by atoms with van der Waals surface area (Å²) >= 11 is 0. The molecule has 0 unspecified atom stereocenters. The normalized spacial score (nSPS) is 11.1. The largest absolute Gasteiger partial charge is 0.295 e. The number of nitrogens with zero attached hydrogens (tertiary/aromatic N) is 1. The average Bonchev–Trinajstić information content (AvgIpc) is 2.26. The number of hydrogen-bond acceptors (Lipinski definition) is 3. The van der Waals surface area contributed by atoms with Gasteiger partial charge < -0.3 is 0 Å². The minimum atomic E-state index is -0.889. The van der Waals surface area contributed by atoms with Crippen molar-refractivity contribution in [2.24, 2.45) is 0 Å². The quantitative estimate of drug-likeness (QED) is 0.453. The Balaban J connectivity index is 2.59. The van der Waals surface area contributed by atoms with Crippen molar-refractivity contribution in [1.82, 2.24) is 0 Å². The van der Waals surface area contributed by atoms with Crippen LogP contribution in [0.4, 0.5) is 10.1 Å². The molecule has 1 aromatic rings. The molecular formula is C10H10FNO2. The summed E-state index contributed by atoms with van der Waals surface area (Å²) in [7, 11) is 0. The van der Waals surface area contributed by atoms with Gasteiger partial charge in [-0.3, -0.25) is 15.1 Å². The van der Waals surface area contributed by atoms with Crippen LogP contribution in [0.1, 0.15) is 0 Å². The van der Waals surface area contributed by atoms with Crippen LogP contribution in [0.15, 0.2) is 42.2 Å². The van der Waals surface area contributed by atoms with E-state index in [1.54, 1.807) is 30.3 Å². The summed E-state index contributed by atoms with van der Waals surface area (Å²) in [5, 5.41) is 10.2. The number of hydrogen-bond donors (Lipinski definition) is 1. The highest BCUT2D eigenvalue weighted by molar-refractivity contribution is 5.69. The topological polar surface area (TPSA) is 40.5 Å². The molecule has 1 N–H and O–H groups in total. The van der Waals surface area contributed by atoms with Gasteiger partial charge in [-0.25, -0.2) is 4.39 Å². The van der Waals surface area contributed by atoms with Crippen molar-refractivity contribution >= 4 is 12.0 Å². The second kappa shape index (κ2) is 5.14. The van der Waals surface area contributed by atoms with E-state index in [1.807, 2.05) is 0 Å². The van der Waals surface area contributed by atoms with Crippen molar-refractivity contribution in [3.05, 3.63) is 42.2 Å². The Morgan fingerprint density at radius 3 is 2.64 bits per heavy atom. The Labute approximate surface area is 81.0 Å². The number of allylic oxidation sites excluding steroid dienone is 1. The van der Waals surface area contributed by atoms with Gasteiger partial charge in [0.15, 0.2) is 12.1 Å². The third-order valence-corrected chi connectivity index (χ3v) is 1.63. The molecular weight excluding hydrogens is 185 g/mol. The first-order valence-electron chi connectivity index (χ1n) is 4.06. The molecule has 0 radical (unpaired) electrons. The first-order valence-corrected chi connectivity index (χ1v) is 4.06. The molecule has 4 heteroatoms. The van der Waals surface area contributed by atoms with Gasteiger partial charge in [0, 0.05) is 0 Å². The van der Waals surface area contributed by atoms with E-state index in [1.165, 1.54) is 0 Å². The number of carbonyl (C=O) groups excluding carboxylic acids is 1. The minimum absolute atomic E-state index is 0.0609. The van der Waals surface area contributed by atoms with Gasteiger partial charge in [0.2, 0.25) is 0 Å². The van der Waals surface area contributed by atoms with Gasteiger partial charge in [-0.15, -0.1) is 0 Å². The highest BCUT2D eigenvalue weighted by Crippen LogP contribution is 2.10. The zero-order chi connectivity index (χ0) is 10.4. The Morgan fingerprint density at radius 1 is 1.43 bits per heavy atom. The maximum atomic E-state index is 12.4. The molecule has 1 aromatic carbocycles. The number of benzene rings is 1. The second-order valence-electron chi connectivity index (χ2n) is 2.62. The van der Waals surface area contributed by atoms with Gasteiger partial charge in [0.05, 0.1) is 12.2 Å². The van der Waals surface area contributed by atoms with E-state index in [0.717, 1.165) is 11.1 Å². The Bertz CT molecular complexity index is 324. The smallest absolute Gasteiger partial charge is 0.178 e. The van der Waals surface area contributed by atoms with Crippen LogP contribution in [0, 0.1) is 0 Å². The predicted molar refractivity (Wildman–Crippen MR) is 50.8 cm³/mol. The second-order valence-corrected chi connectivity index (χ2v) is 2.62. The summed E-state index contributed by atoms with van der Waals surface area (Å²) in [6.07, 6.45) is 1.10. The number of aldehydes is 1. The molecule has 14 heavy (non-hydrogen) atoms. The molecule has 0 heterocycles. The molecule has 0 aliphatic heterocycles. The van der Waals surface area contributed by atoms with Crippen LogP contribution < -0.4 is 5.06 Å². The fourth-order valence-corrected chi connectivity index (χ4v) is 0.927. The van der Waals surface area contributed by atoms with Gasteiger partial charge in [-0.1, -0.05) is 18.2 Å². The van der Waals surface area contributed by atoms with Gasteiger partial charge in [0.1, 0.15) is 0 Å². The maximum Gasteiger partial charge on any atom is 0.178 e. The number of halogens is 1. The van der Waals surface area contributed by atoms with Crippen molar-refractivity contribution in [2.45, 2.75) is 0 Å². The fourth-order valence-electron chi connectivity index (χ4n) is 0.927. The lowest BCUT2D eigenvalue weighted by Crippen LogP contribution is -2.17. The van der Waals surface area contributed by atoms with Crippen molar-refractivity contribution in [3.63, 3.8) is 0 Å². The Kier molecular flexibility index (Phi) is 3.82. The van der Waals surface area contributed by atoms with E-state index in [2.05, 4.69) is 0 Å². The van der Waals surface area contributed by atoms with Crippen molar-refractivity contribution in [3.8, 4) is 0 Å². The number of rotatable bonds is 4. The number of para-hydroxylation sites is 1. The molecule has 0 spiro atoms. The summed E-state index contributed by atoms with van der Waals surface area (Å²) in [4.78, 5) is 9.91. The summed E-state index contributed by atoms with van der Waals surface area (Å²) in [5.74, 6) is -0.889. The molecule has 0 saturated heterocycles. The molecule has 0 atom stereocenters. The molecule has 0 fully saturated rings. The molecule has 0 aromatic heterocycles. The highest BCUT2D eigenvalue weighted by atomic mass is 19.1. The lowest BCUT2D eigenvalue weighted by molar-refractivity contribution is -0.106. The van der Waals surface area contributed by atoms with Crippen molar-refractivity contribution in [2.75, 3.05) is 11.6 Å². The fraction of sp³-hybridized carbons (Fsp3) is 0.100. The summed E-state index contributed by atoms with van der Waals surface area (Å²) in [5.41, 5.74) is 0.544. The van der Waals surface area contributed by atoms with Crippen LogP contribution in [-0.2, 0) is 4.79 Å².